The molecule has 0 aromatic heterocycles. The standard InChI is InChI=1S/C15H25NO3/c1-10(2)11(3)16-9-12-7-14(18-5)15(19-6)8-13(12)17-4/h7-8,10-11,16H,9H2,1-6H3. The molecule has 1 rings (SSSR count). The lowest BCUT2D eigenvalue weighted by Gasteiger charge is -2.19. The van der Waals surface area contributed by atoms with Gasteiger partial charge in [0.05, 0.1) is 21.3 Å². The molecule has 108 valence electrons. The third kappa shape index (κ3) is 4.03. The highest BCUT2D eigenvalue weighted by atomic mass is 16.5. The number of rotatable bonds is 7. The fourth-order valence-corrected chi connectivity index (χ4v) is 1.74. The number of ether oxygens (including phenoxy) is 3. The summed E-state index contributed by atoms with van der Waals surface area (Å²) in [6, 6.07) is 4.26. The van der Waals surface area contributed by atoms with E-state index < -0.39 is 0 Å². The summed E-state index contributed by atoms with van der Waals surface area (Å²) in [5.74, 6) is 2.80. The number of hydrogen-bond acceptors (Lipinski definition) is 4. The van der Waals surface area contributed by atoms with Gasteiger partial charge in [-0.15, -0.1) is 0 Å². The zero-order valence-corrected chi connectivity index (χ0v) is 12.7. The summed E-state index contributed by atoms with van der Waals surface area (Å²) in [7, 11) is 4.92. The van der Waals surface area contributed by atoms with Crippen LogP contribution in [0.5, 0.6) is 17.2 Å². The minimum Gasteiger partial charge on any atom is -0.496 e. The molecule has 19 heavy (non-hydrogen) atoms. The van der Waals surface area contributed by atoms with E-state index in [1.54, 1.807) is 21.3 Å². The molecule has 1 N–H and O–H groups in total. The maximum Gasteiger partial charge on any atom is 0.164 e. The van der Waals surface area contributed by atoms with E-state index in [0.29, 0.717) is 17.7 Å². The van der Waals surface area contributed by atoms with Crippen LogP contribution >= 0.6 is 0 Å². The van der Waals surface area contributed by atoms with Gasteiger partial charge >= 0.3 is 0 Å². The van der Waals surface area contributed by atoms with Crippen molar-refractivity contribution in [2.75, 3.05) is 21.3 Å². The van der Waals surface area contributed by atoms with Crippen molar-refractivity contribution < 1.29 is 14.2 Å². The Morgan fingerprint density at radius 1 is 0.895 bits per heavy atom. The Hall–Kier alpha value is -1.42. The summed E-state index contributed by atoms with van der Waals surface area (Å²) in [6.07, 6.45) is 0. The van der Waals surface area contributed by atoms with Crippen LogP contribution in [0.3, 0.4) is 0 Å². The summed E-state index contributed by atoms with van der Waals surface area (Å²) < 4.78 is 16.0. The lowest BCUT2D eigenvalue weighted by atomic mass is 10.1. The highest BCUT2D eigenvalue weighted by Gasteiger charge is 2.13. The topological polar surface area (TPSA) is 39.7 Å². The Kier molecular flexibility index (Phi) is 5.96. The van der Waals surface area contributed by atoms with E-state index in [2.05, 4.69) is 26.1 Å². The summed E-state index contributed by atoms with van der Waals surface area (Å²) in [5, 5.41) is 3.49. The SMILES string of the molecule is COc1cc(OC)c(OC)cc1CNC(C)C(C)C. The zero-order chi connectivity index (χ0) is 14.4. The van der Waals surface area contributed by atoms with Crippen LogP contribution in [0, 0.1) is 5.92 Å². The monoisotopic (exact) mass is 267 g/mol. The first kappa shape index (κ1) is 15.6. The van der Waals surface area contributed by atoms with Crippen molar-refractivity contribution in [3.05, 3.63) is 17.7 Å². The average Bonchev–Trinajstić information content (AvgIpc) is 2.43. The first-order valence-electron chi connectivity index (χ1n) is 6.55. The van der Waals surface area contributed by atoms with Gasteiger partial charge in [0.2, 0.25) is 0 Å². The van der Waals surface area contributed by atoms with Crippen molar-refractivity contribution in [1.29, 1.82) is 0 Å². The van der Waals surface area contributed by atoms with Crippen LogP contribution in [0.4, 0.5) is 0 Å². The molecule has 1 atom stereocenters. The zero-order valence-electron chi connectivity index (χ0n) is 12.7. The molecule has 0 saturated carbocycles. The predicted molar refractivity (Wildman–Crippen MR) is 77.2 cm³/mol. The maximum atomic E-state index is 5.40. The van der Waals surface area contributed by atoms with Crippen LogP contribution in [-0.2, 0) is 6.54 Å². The van der Waals surface area contributed by atoms with Gasteiger partial charge in [-0.05, 0) is 18.9 Å². The van der Waals surface area contributed by atoms with Gasteiger partial charge in [0, 0.05) is 24.2 Å². The summed E-state index contributed by atoms with van der Waals surface area (Å²) in [4.78, 5) is 0. The molecule has 0 saturated heterocycles. The van der Waals surface area contributed by atoms with Crippen LogP contribution in [0.2, 0.25) is 0 Å². The van der Waals surface area contributed by atoms with E-state index >= 15 is 0 Å². The quantitative estimate of drug-likeness (QED) is 0.824. The van der Waals surface area contributed by atoms with Gasteiger partial charge in [0.1, 0.15) is 5.75 Å². The van der Waals surface area contributed by atoms with Gasteiger partial charge in [-0.25, -0.2) is 0 Å². The fourth-order valence-electron chi connectivity index (χ4n) is 1.74. The van der Waals surface area contributed by atoms with Gasteiger partial charge in [-0.3, -0.25) is 0 Å². The molecule has 1 aromatic rings. The molecule has 0 heterocycles. The molecular weight excluding hydrogens is 242 g/mol. The normalized spacial score (nSPS) is 12.4. The van der Waals surface area contributed by atoms with Crippen LogP contribution in [0.1, 0.15) is 26.3 Å². The second-order valence-electron chi connectivity index (χ2n) is 4.93. The van der Waals surface area contributed by atoms with Crippen molar-refractivity contribution in [2.45, 2.75) is 33.4 Å². The first-order chi connectivity index (χ1) is 9.03. The smallest absolute Gasteiger partial charge is 0.164 e. The van der Waals surface area contributed by atoms with E-state index in [1.807, 2.05) is 12.1 Å². The Balaban J connectivity index is 2.92. The van der Waals surface area contributed by atoms with Gasteiger partial charge in [-0.2, -0.15) is 0 Å². The molecule has 0 bridgehead atoms. The Morgan fingerprint density at radius 2 is 1.42 bits per heavy atom. The van der Waals surface area contributed by atoms with Crippen LogP contribution in [0.25, 0.3) is 0 Å². The van der Waals surface area contributed by atoms with Crippen molar-refractivity contribution in [3.63, 3.8) is 0 Å². The van der Waals surface area contributed by atoms with Crippen LogP contribution < -0.4 is 19.5 Å². The molecule has 0 aliphatic rings. The lowest BCUT2D eigenvalue weighted by molar-refractivity contribution is 0.345. The van der Waals surface area contributed by atoms with Gasteiger partial charge in [-0.1, -0.05) is 13.8 Å². The second kappa shape index (κ2) is 7.24. The molecule has 0 radical (unpaired) electrons. The molecule has 0 aliphatic heterocycles. The largest absolute Gasteiger partial charge is 0.496 e. The van der Waals surface area contributed by atoms with Gasteiger partial charge in [0.25, 0.3) is 0 Å². The van der Waals surface area contributed by atoms with Crippen LogP contribution in [0.15, 0.2) is 12.1 Å². The number of methoxy groups -OCH3 is 3. The maximum absolute atomic E-state index is 5.40. The van der Waals surface area contributed by atoms with E-state index in [0.717, 1.165) is 23.6 Å². The summed E-state index contributed by atoms with van der Waals surface area (Å²) >= 11 is 0. The van der Waals surface area contributed by atoms with E-state index in [-0.39, 0.29) is 0 Å². The van der Waals surface area contributed by atoms with Crippen molar-refractivity contribution in [1.82, 2.24) is 5.32 Å². The predicted octanol–water partition coefficient (Wildman–Crippen LogP) is 2.85. The van der Waals surface area contributed by atoms with E-state index in [4.69, 9.17) is 14.2 Å². The molecule has 1 aromatic carbocycles. The highest BCUT2D eigenvalue weighted by Crippen LogP contribution is 2.34. The lowest BCUT2D eigenvalue weighted by Crippen LogP contribution is -2.30. The fraction of sp³-hybridized carbons (Fsp3) is 0.600. The minimum absolute atomic E-state index is 0.442. The number of hydrogen-bond donors (Lipinski definition) is 1. The summed E-state index contributed by atoms with van der Waals surface area (Å²) in [6.45, 7) is 7.31. The molecule has 0 spiro atoms. The third-order valence-corrected chi connectivity index (χ3v) is 3.40. The van der Waals surface area contributed by atoms with Gasteiger partial charge in [0.15, 0.2) is 11.5 Å². The number of benzene rings is 1. The molecule has 0 fully saturated rings. The molecule has 0 amide bonds. The Bertz CT molecular complexity index is 405. The third-order valence-electron chi connectivity index (χ3n) is 3.40. The summed E-state index contributed by atoms with van der Waals surface area (Å²) in [5.41, 5.74) is 1.06. The van der Waals surface area contributed by atoms with E-state index in [9.17, 15) is 0 Å². The van der Waals surface area contributed by atoms with Crippen LogP contribution in [-0.4, -0.2) is 27.4 Å². The van der Waals surface area contributed by atoms with Gasteiger partial charge < -0.3 is 19.5 Å². The van der Waals surface area contributed by atoms with Crippen molar-refractivity contribution in [3.8, 4) is 17.2 Å². The van der Waals surface area contributed by atoms with E-state index in [1.165, 1.54) is 0 Å². The Labute approximate surface area is 116 Å². The number of nitrogens with one attached hydrogen (secondary N) is 1. The first-order valence-corrected chi connectivity index (χ1v) is 6.55. The highest BCUT2D eigenvalue weighted by molar-refractivity contribution is 5.50. The molecule has 0 aliphatic carbocycles. The minimum atomic E-state index is 0.442. The molecule has 4 nitrogen and oxygen atoms in total. The molecule has 1 unspecified atom stereocenters. The molecular formula is C15H25NO3. The Morgan fingerprint density at radius 3 is 1.89 bits per heavy atom. The molecule has 4 heteroatoms. The average molecular weight is 267 g/mol. The van der Waals surface area contributed by atoms with Crippen molar-refractivity contribution in [2.24, 2.45) is 5.92 Å². The van der Waals surface area contributed by atoms with Crippen molar-refractivity contribution >= 4 is 0 Å². The second-order valence-corrected chi connectivity index (χ2v) is 4.93.